The summed E-state index contributed by atoms with van der Waals surface area (Å²) in [5.41, 5.74) is 7.43. The summed E-state index contributed by atoms with van der Waals surface area (Å²) in [5.74, 6) is 0.147. The number of carbonyl (C=O) groups is 1. The molecule has 0 saturated carbocycles. The van der Waals surface area contributed by atoms with Crippen LogP contribution in [0.1, 0.15) is 30.9 Å². The minimum Gasteiger partial charge on any atom is -0.450 e. The lowest BCUT2D eigenvalue weighted by Crippen LogP contribution is -2.48. The van der Waals surface area contributed by atoms with Crippen LogP contribution in [-0.2, 0) is 11.3 Å². The summed E-state index contributed by atoms with van der Waals surface area (Å²) < 4.78 is 18.2. The molecular formula is C17H26FIN4O2. The number of hydrogen-bond acceptors (Lipinski definition) is 3. The number of aryl methyl sites for hydroxylation is 1. The van der Waals surface area contributed by atoms with E-state index in [2.05, 4.69) is 10.3 Å². The number of hydrogen-bond donors (Lipinski definition) is 2. The highest BCUT2D eigenvalue weighted by Crippen LogP contribution is 2.12. The van der Waals surface area contributed by atoms with Crippen LogP contribution < -0.4 is 11.1 Å². The summed E-state index contributed by atoms with van der Waals surface area (Å²) in [4.78, 5) is 17.6. The van der Waals surface area contributed by atoms with Crippen LogP contribution in [0.4, 0.5) is 9.18 Å². The van der Waals surface area contributed by atoms with Crippen molar-refractivity contribution in [2.75, 3.05) is 19.7 Å². The molecule has 25 heavy (non-hydrogen) atoms. The van der Waals surface area contributed by atoms with Crippen molar-refractivity contribution in [3.8, 4) is 0 Å². The molecule has 1 heterocycles. The van der Waals surface area contributed by atoms with E-state index in [9.17, 15) is 9.18 Å². The average molecular weight is 464 g/mol. The van der Waals surface area contributed by atoms with Crippen molar-refractivity contribution >= 4 is 36.0 Å². The normalized spacial score (nSPS) is 15.5. The number of guanidine groups is 1. The van der Waals surface area contributed by atoms with Crippen LogP contribution in [0.3, 0.4) is 0 Å². The van der Waals surface area contributed by atoms with Gasteiger partial charge in [0.15, 0.2) is 5.96 Å². The largest absolute Gasteiger partial charge is 0.450 e. The molecule has 0 radical (unpaired) electrons. The molecule has 0 spiro atoms. The Balaban J connectivity index is 0.00000312. The number of nitrogens with two attached hydrogens (primary N) is 1. The Morgan fingerprint density at radius 3 is 2.72 bits per heavy atom. The number of nitrogens with one attached hydrogen (secondary N) is 1. The molecule has 1 aliphatic rings. The fourth-order valence-electron chi connectivity index (χ4n) is 2.66. The number of carbonyl (C=O) groups excluding carboxylic acids is 1. The number of aliphatic imine (C=N–C) groups is 1. The lowest BCUT2D eigenvalue weighted by Gasteiger charge is -2.31. The fourth-order valence-corrected chi connectivity index (χ4v) is 2.66. The molecule has 1 aromatic rings. The molecule has 1 aliphatic heterocycles. The topological polar surface area (TPSA) is 80.0 Å². The number of likely N-dealkylation sites (tertiary alicyclic amines) is 1. The Morgan fingerprint density at radius 2 is 2.12 bits per heavy atom. The van der Waals surface area contributed by atoms with E-state index < -0.39 is 0 Å². The predicted molar refractivity (Wildman–Crippen MR) is 107 cm³/mol. The molecule has 8 heteroatoms. The second-order valence-electron chi connectivity index (χ2n) is 5.89. The summed E-state index contributed by atoms with van der Waals surface area (Å²) in [6.45, 7) is 5.59. The summed E-state index contributed by atoms with van der Waals surface area (Å²) >= 11 is 0. The molecule has 0 aromatic heterocycles. The third-order valence-electron chi connectivity index (χ3n) is 4.03. The Bertz CT molecular complexity index is 604. The molecule has 0 unspecified atom stereocenters. The minimum absolute atomic E-state index is 0. The molecule has 1 saturated heterocycles. The number of piperidine rings is 1. The van der Waals surface area contributed by atoms with Gasteiger partial charge in [0.25, 0.3) is 0 Å². The van der Waals surface area contributed by atoms with Gasteiger partial charge in [-0.2, -0.15) is 0 Å². The van der Waals surface area contributed by atoms with Crippen molar-refractivity contribution in [1.29, 1.82) is 0 Å². The van der Waals surface area contributed by atoms with Crippen LogP contribution >= 0.6 is 24.0 Å². The predicted octanol–water partition coefficient (Wildman–Crippen LogP) is 2.78. The maximum Gasteiger partial charge on any atom is 0.409 e. The number of benzene rings is 1. The highest BCUT2D eigenvalue weighted by Gasteiger charge is 2.23. The second-order valence-corrected chi connectivity index (χ2v) is 5.89. The first-order chi connectivity index (χ1) is 11.5. The maximum absolute atomic E-state index is 13.2. The van der Waals surface area contributed by atoms with Crippen molar-refractivity contribution in [2.24, 2.45) is 10.7 Å². The SMILES string of the molecule is CCOC(=O)N1CCC(NC(N)=NCc2ccc(F)c(C)c2)CC1.I. The monoisotopic (exact) mass is 464 g/mol. The number of rotatable bonds is 4. The van der Waals surface area contributed by atoms with Crippen molar-refractivity contribution in [1.82, 2.24) is 10.2 Å². The number of amides is 1. The van der Waals surface area contributed by atoms with Crippen LogP contribution in [0.15, 0.2) is 23.2 Å². The van der Waals surface area contributed by atoms with Crippen molar-refractivity contribution < 1.29 is 13.9 Å². The highest BCUT2D eigenvalue weighted by molar-refractivity contribution is 14.0. The van der Waals surface area contributed by atoms with Gasteiger partial charge in [-0.15, -0.1) is 24.0 Å². The molecule has 0 atom stereocenters. The van der Waals surface area contributed by atoms with Crippen LogP contribution in [-0.4, -0.2) is 42.7 Å². The van der Waals surface area contributed by atoms with Crippen molar-refractivity contribution in [2.45, 2.75) is 39.3 Å². The maximum atomic E-state index is 13.2. The van der Waals surface area contributed by atoms with Gasteiger partial charge in [-0.1, -0.05) is 12.1 Å². The summed E-state index contributed by atoms with van der Waals surface area (Å²) in [5, 5.41) is 3.18. The molecule has 0 bridgehead atoms. The zero-order valence-electron chi connectivity index (χ0n) is 14.6. The van der Waals surface area contributed by atoms with E-state index in [0.717, 1.165) is 18.4 Å². The van der Waals surface area contributed by atoms with Crippen molar-refractivity contribution in [3.63, 3.8) is 0 Å². The Kier molecular flexibility index (Phi) is 8.95. The number of ether oxygens (including phenoxy) is 1. The molecule has 2 rings (SSSR count). The van der Waals surface area contributed by atoms with Gasteiger partial charge >= 0.3 is 6.09 Å². The second kappa shape index (κ2) is 10.4. The molecule has 1 amide bonds. The van der Waals surface area contributed by atoms with Gasteiger partial charge in [0.2, 0.25) is 0 Å². The van der Waals surface area contributed by atoms with Crippen LogP contribution in [0, 0.1) is 12.7 Å². The zero-order valence-corrected chi connectivity index (χ0v) is 17.0. The lowest BCUT2D eigenvalue weighted by molar-refractivity contribution is 0.0963. The van der Waals surface area contributed by atoms with Crippen LogP contribution in [0.2, 0.25) is 0 Å². The van der Waals surface area contributed by atoms with E-state index >= 15 is 0 Å². The van der Waals surface area contributed by atoms with Gasteiger partial charge in [-0.05, 0) is 43.9 Å². The van der Waals surface area contributed by atoms with E-state index in [1.165, 1.54) is 6.07 Å². The fraction of sp³-hybridized carbons (Fsp3) is 0.529. The standard InChI is InChI=1S/C17H25FN4O2.HI/c1-3-24-17(23)22-8-6-14(7-9-22)21-16(19)20-11-13-4-5-15(18)12(2)10-13;/h4-5,10,14H,3,6-9,11H2,1-2H3,(H3,19,20,21);1H. The Morgan fingerprint density at radius 1 is 1.44 bits per heavy atom. The Hall–Kier alpha value is -1.58. The van der Waals surface area contributed by atoms with E-state index in [1.54, 1.807) is 30.9 Å². The molecule has 3 N–H and O–H groups in total. The van der Waals surface area contributed by atoms with Crippen LogP contribution in [0.25, 0.3) is 0 Å². The van der Waals surface area contributed by atoms with Gasteiger partial charge in [-0.3, -0.25) is 0 Å². The number of nitrogens with zero attached hydrogens (tertiary/aromatic N) is 2. The molecule has 1 aromatic carbocycles. The van der Waals surface area contributed by atoms with Crippen LogP contribution in [0.5, 0.6) is 0 Å². The van der Waals surface area contributed by atoms with E-state index in [-0.39, 0.29) is 41.9 Å². The van der Waals surface area contributed by atoms with Crippen molar-refractivity contribution in [3.05, 3.63) is 35.1 Å². The lowest BCUT2D eigenvalue weighted by atomic mass is 10.1. The summed E-state index contributed by atoms with van der Waals surface area (Å²) in [7, 11) is 0. The Labute approximate surface area is 165 Å². The van der Waals surface area contributed by atoms with Gasteiger partial charge in [0.05, 0.1) is 13.2 Å². The van der Waals surface area contributed by atoms with Gasteiger partial charge in [0, 0.05) is 19.1 Å². The highest BCUT2D eigenvalue weighted by atomic mass is 127. The average Bonchev–Trinajstić information content (AvgIpc) is 2.57. The first-order valence-electron chi connectivity index (χ1n) is 8.22. The third kappa shape index (κ3) is 6.68. The molecule has 6 nitrogen and oxygen atoms in total. The van der Waals surface area contributed by atoms with E-state index in [0.29, 0.717) is 37.8 Å². The molecule has 140 valence electrons. The zero-order chi connectivity index (χ0) is 17.5. The van der Waals surface area contributed by atoms with E-state index in [4.69, 9.17) is 10.5 Å². The first-order valence-corrected chi connectivity index (χ1v) is 8.22. The van der Waals surface area contributed by atoms with E-state index in [1.807, 2.05) is 0 Å². The number of halogens is 2. The quantitative estimate of drug-likeness (QED) is 0.408. The first kappa shape index (κ1) is 21.5. The molecule has 0 aliphatic carbocycles. The third-order valence-corrected chi connectivity index (χ3v) is 4.03. The van der Waals surface area contributed by atoms with Gasteiger partial charge in [-0.25, -0.2) is 14.2 Å². The van der Waals surface area contributed by atoms with Gasteiger partial charge < -0.3 is 20.7 Å². The smallest absolute Gasteiger partial charge is 0.409 e. The molecular weight excluding hydrogens is 438 g/mol. The molecule has 1 fully saturated rings. The summed E-state index contributed by atoms with van der Waals surface area (Å²) in [6.07, 6.45) is 1.33. The summed E-state index contributed by atoms with van der Waals surface area (Å²) in [6, 6.07) is 5.10. The van der Waals surface area contributed by atoms with Gasteiger partial charge in [0.1, 0.15) is 5.82 Å². The minimum atomic E-state index is -0.260.